The molecule has 0 aliphatic carbocycles. The van der Waals surface area contributed by atoms with Crippen LogP contribution in [-0.4, -0.2) is 18.5 Å². The first-order valence-corrected chi connectivity index (χ1v) is 6.43. The maximum Gasteiger partial charge on any atom is 0.316 e. The quantitative estimate of drug-likeness (QED) is 0.688. The number of hydrogen-bond donors (Lipinski definition) is 3. The SMILES string of the molecule is CC(C)CCCNC(=O)c1ccc(NC(N)=O)cc1. The summed E-state index contributed by atoms with van der Waals surface area (Å²) in [7, 11) is 0. The average molecular weight is 263 g/mol. The Morgan fingerprint density at radius 3 is 2.37 bits per heavy atom. The van der Waals surface area contributed by atoms with Gasteiger partial charge in [-0.1, -0.05) is 13.8 Å². The molecule has 0 saturated heterocycles. The molecule has 0 radical (unpaired) electrons. The topological polar surface area (TPSA) is 84.2 Å². The van der Waals surface area contributed by atoms with Crippen molar-refractivity contribution in [2.45, 2.75) is 26.7 Å². The van der Waals surface area contributed by atoms with Gasteiger partial charge in [0.15, 0.2) is 0 Å². The lowest BCUT2D eigenvalue weighted by molar-refractivity contribution is 0.0952. The van der Waals surface area contributed by atoms with E-state index >= 15 is 0 Å². The zero-order chi connectivity index (χ0) is 14.3. The monoisotopic (exact) mass is 263 g/mol. The lowest BCUT2D eigenvalue weighted by Gasteiger charge is -2.07. The van der Waals surface area contributed by atoms with Gasteiger partial charge in [0, 0.05) is 17.8 Å². The van der Waals surface area contributed by atoms with Crippen LogP contribution in [0.4, 0.5) is 10.5 Å². The second-order valence-electron chi connectivity index (χ2n) is 4.86. The lowest BCUT2D eigenvalue weighted by Crippen LogP contribution is -2.24. The van der Waals surface area contributed by atoms with Crippen molar-refractivity contribution in [3.63, 3.8) is 0 Å². The Morgan fingerprint density at radius 2 is 1.84 bits per heavy atom. The third-order valence-corrected chi connectivity index (χ3v) is 2.66. The van der Waals surface area contributed by atoms with Crippen LogP contribution in [-0.2, 0) is 0 Å². The number of amides is 3. The van der Waals surface area contributed by atoms with Gasteiger partial charge >= 0.3 is 6.03 Å². The highest BCUT2D eigenvalue weighted by atomic mass is 16.2. The molecule has 0 aliphatic heterocycles. The number of carbonyl (C=O) groups is 2. The fraction of sp³-hybridized carbons (Fsp3) is 0.429. The molecule has 0 aromatic heterocycles. The molecule has 0 bridgehead atoms. The lowest BCUT2D eigenvalue weighted by atomic mass is 10.1. The number of primary amides is 1. The van der Waals surface area contributed by atoms with Crippen LogP contribution >= 0.6 is 0 Å². The first-order valence-electron chi connectivity index (χ1n) is 6.43. The highest BCUT2D eigenvalue weighted by Gasteiger charge is 2.05. The summed E-state index contributed by atoms with van der Waals surface area (Å²) in [5, 5.41) is 5.31. The molecule has 5 nitrogen and oxygen atoms in total. The van der Waals surface area contributed by atoms with Crippen molar-refractivity contribution < 1.29 is 9.59 Å². The number of rotatable bonds is 6. The normalized spacial score (nSPS) is 10.3. The van der Waals surface area contributed by atoms with Crippen molar-refractivity contribution in [3.05, 3.63) is 29.8 Å². The van der Waals surface area contributed by atoms with E-state index in [9.17, 15) is 9.59 Å². The molecule has 0 atom stereocenters. The molecular formula is C14H21N3O2. The highest BCUT2D eigenvalue weighted by molar-refractivity contribution is 5.95. The number of benzene rings is 1. The van der Waals surface area contributed by atoms with E-state index in [1.54, 1.807) is 24.3 Å². The second kappa shape index (κ2) is 7.41. The largest absolute Gasteiger partial charge is 0.352 e. The third kappa shape index (κ3) is 5.90. The van der Waals surface area contributed by atoms with Crippen molar-refractivity contribution in [1.82, 2.24) is 5.32 Å². The van der Waals surface area contributed by atoms with E-state index < -0.39 is 6.03 Å². The summed E-state index contributed by atoms with van der Waals surface area (Å²) in [6.07, 6.45) is 2.08. The first kappa shape index (κ1) is 15.0. The molecule has 0 fully saturated rings. The Morgan fingerprint density at radius 1 is 1.21 bits per heavy atom. The summed E-state index contributed by atoms with van der Waals surface area (Å²) in [6, 6.07) is 5.99. The van der Waals surface area contributed by atoms with Crippen molar-refractivity contribution in [2.24, 2.45) is 11.7 Å². The van der Waals surface area contributed by atoms with Gasteiger partial charge in [0.2, 0.25) is 0 Å². The van der Waals surface area contributed by atoms with E-state index in [1.165, 1.54) is 0 Å². The minimum atomic E-state index is -0.620. The maximum atomic E-state index is 11.8. The van der Waals surface area contributed by atoms with Crippen LogP contribution in [0.1, 0.15) is 37.0 Å². The Bertz CT molecular complexity index is 427. The molecule has 0 saturated carbocycles. The van der Waals surface area contributed by atoms with Crippen LogP contribution in [0.25, 0.3) is 0 Å². The summed E-state index contributed by atoms with van der Waals surface area (Å²) >= 11 is 0. The molecule has 4 N–H and O–H groups in total. The number of nitrogens with one attached hydrogen (secondary N) is 2. The zero-order valence-electron chi connectivity index (χ0n) is 11.4. The van der Waals surface area contributed by atoms with Gasteiger partial charge in [-0.25, -0.2) is 4.79 Å². The zero-order valence-corrected chi connectivity index (χ0v) is 11.4. The van der Waals surface area contributed by atoms with E-state index in [0.717, 1.165) is 12.8 Å². The van der Waals surface area contributed by atoms with Gasteiger partial charge in [-0.05, 0) is 43.0 Å². The molecule has 1 aromatic carbocycles. The van der Waals surface area contributed by atoms with Crippen molar-refractivity contribution in [1.29, 1.82) is 0 Å². The predicted molar refractivity (Wildman–Crippen MR) is 76.1 cm³/mol. The van der Waals surface area contributed by atoms with Gasteiger partial charge in [0.1, 0.15) is 0 Å². The van der Waals surface area contributed by atoms with E-state index in [2.05, 4.69) is 24.5 Å². The van der Waals surface area contributed by atoms with Gasteiger partial charge in [0.25, 0.3) is 5.91 Å². The minimum absolute atomic E-state index is 0.102. The fourth-order valence-electron chi connectivity index (χ4n) is 1.66. The molecule has 0 unspecified atom stereocenters. The molecule has 3 amide bonds. The molecule has 1 rings (SSSR count). The number of hydrogen-bond acceptors (Lipinski definition) is 2. The van der Waals surface area contributed by atoms with Gasteiger partial charge in [-0.3, -0.25) is 4.79 Å². The number of urea groups is 1. The summed E-state index contributed by atoms with van der Waals surface area (Å²) < 4.78 is 0. The number of carbonyl (C=O) groups excluding carboxylic acids is 2. The van der Waals surface area contributed by atoms with E-state index in [4.69, 9.17) is 5.73 Å². The Balaban J connectivity index is 2.42. The number of nitrogens with two attached hydrogens (primary N) is 1. The Kier molecular flexibility index (Phi) is 5.85. The van der Waals surface area contributed by atoms with Crippen molar-refractivity contribution >= 4 is 17.6 Å². The predicted octanol–water partition coefficient (Wildman–Crippen LogP) is 2.34. The fourth-order valence-corrected chi connectivity index (χ4v) is 1.66. The highest BCUT2D eigenvalue weighted by Crippen LogP contribution is 2.09. The molecule has 19 heavy (non-hydrogen) atoms. The van der Waals surface area contributed by atoms with Gasteiger partial charge in [-0.15, -0.1) is 0 Å². The van der Waals surface area contributed by atoms with Crippen LogP contribution in [0.2, 0.25) is 0 Å². The minimum Gasteiger partial charge on any atom is -0.352 e. The third-order valence-electron chi connectivity index (χ3n) is 2.66. The van der Waals surface area contributed by atoms with Crippen LogP contribution in [0.5, 0.6) is 0 Å². The summed E-state index contributed by atoms with van der Waals surface area (Å²) in [6.45, 7) is 5.00. The summed E-state index contributed by atoms with van der Waals surface area (Å²) in [4.78, 5) is 22.4. The van der Waals surface area contributed by atoms with Crippen LogP contribution in [0.3, 0.4) is 0 Å². The first-order chi connectivity index (χ1) is 8.99. The Labute approximate surface area is 113 Å². The second-order valence-corrected chi connectivity index (χ2v) is 4.86. The van der Waals surface area contributed by atoms with Crippen molar-refractivity contribution in [3.8, 4) is 0 Å². The maximum absolute atomic E-state index is 11.8. The van der Waals surface area contributed by atoms with E-state index in [1.807, 2.05) is 0 Å². The average Bonchev–Trinajstić information content (AvgIpc) is 2.34. The summed E-state index contributed by atoms with van der Waals surface area (Å²) in [5.74, 6) is 0.547. The molecule has 5 heteroatoms. The molecule has 1 aromatic rings. The van der Waals surface area contributed by atoms with E-state index in [-0.39, 0.29) is 5.91 Å². The van der Waals surface area contributed by atoms with Gasteiger partial charge < -0.3 is 16.4 Å². The van der Waals surface area contributed by atoms with Crippen LogP contribution < -0.4 is 16.4 Å². The molecule has 0 spiro atoms. The Hall–Kier alpha value is -2.04. The van der Waals surface area contributed by atoms with E-state index in [0.29, 0.717) is 23.7 Å². The van der Waals surface area contributed by atoms with Crippen LogP contribution in [0.15, 0.2) is 24.3 Å². The van der Waals surface area contributed by atoms with Crippen LogP contribution in [0, 0.1) is 5.92 Å². The smallest absolute Gasteiger partial charge is 0.316 e. The molecular weight excluding hydrogens is 242 g/mol. The summed E-state index contributed by atoms with van der Waals surface area (Å²) in [5.41, 5.74) is 6.14. The molecule has 0 aliphatic rings. The molecule has 0 heterocycles. The van der Waals surface area contributed by atoms with Crippen molar-refractivity contribution in [2.75, 3.05) is 11.9 Å². The standard InChI is InChI=1S/C14H21N3O2/c1-10(2)4-3-9-16-13(18)11-5-7-12(8-6-11)17-14(15)19/h5-8,10H,3-4,9H2,1-2H3,(H,16,18)(H3,15,17,19). The van der Waals surface area contributed by atoms with Gasteiger partial charge in [-0.2, -0.15) is 0 Å². The molecule has 104 valence electrons. The van der Waals surface area contributed by atoms with Gasteiger partial charge in [0.05, 0.1) is 0 Å². The number of anilines is 1.